The summed E-state index contributed by atoms with van der Waals surface area (Å²) in [6, 6.07) is 0. The van der Waals surface area contributed by atoms with Crippen molar-refractivity contribution in [2.45, 2.75) is 33.1 Å². The predicted molar refractivity (Wildman–Crippen MR) is 94.3 cm³/mol. The number of hydrogen-bond donors (Lipinski definition) is 1. The van der Waals surface area contributed by atoms with Crippen LogP contribution in [-0.2, 0) is 23.6 Å². The largest absolute Gasteiger partial charge is 0.466 e. The predicted octanol–water partition coefficient (Wildman–Crippen LogP) is 2.32. The Bertz CT molecular complexity index is 691. The second-order valence-corrected chi connectivity index (χ2v) is 5.43. The van der Waals surface area contributed by atoms with E-state index in [9.17, 15) is 9.59 Å². The fraction of sp³-hybridized carbons (Fsp3) is 0.600. The lowest BCUT2D eigenvalue weighted by Gasteiger charge is -2.14. The Kier molecular flexibility index (Phi) is 7.67. The molecule has 0 atom stereocenters. The van der Waals surface area contributed by atoms with E-state index in [4.69, 9.17) is 17.0 Å². The molecule has 0 amide bonds. The maximum Gasteiger partial charge on any atom is 0.330 e. The van der Waals surface area contributed by atoms with E-state index < -0.39 is 0 Å². The second-order valence-electron chi connectivity index (χ2n) is 5.04. The summed E-state index contributed by atoms with van der Waals surface area (Å²) >= 11 is 5.30. The molecule has 1 rings (SSSR count). The van der Waals surface area contributed by atoms with E-state index in [1.165, 1.54) is 9.13 Å². The lowest BCUT2D eigenvalue weighted by Crippen LogP contribution is -2.29. The number of ether oxygens (including phenoxy) is 1. The normalized spacial score (nSPS) is 11.0. The van der Waals surface area contributed by atoms with Crippen LogP contribution in [0.4, 0.5) is 11.5 Å². The van der Waals surface area contributed by atoms with Gasteiger partial charge in [-0.25, -0.2) is 9.79 Å². The van der Waals surface area contributed by atoms with Crippen LogP contribution >= 0.6 is 12.2 Å². The van der Waals surface area contributed by atoms with Gasteiger partial charge in [-0.3, -0.25) is 13.9 Å². The second kappa shape index (κ2) is 9.24. The Morgan fingerprint density at radius 2 is 2.09 bits per heavy atom. The summed E-state index contributed by atoms with van der Waals surface area (Å²) in [5.41, 5.74) is 0.309. The Morgan fingerprint density at radius 3 is 2.70 bits per heavy atom. The molecular formula is C15H24N4O3S. The third kappa shape index (κ3) is 5.02. The number of nitrogens with zero attached hydrogens (tertiary/aromatic N) is 3. The Morgan fingerprint density at radius 1 is 1.39 bits per heavy atom. The van der Waals surface area contributed by atoms with Crippen LogP contribution in [0.2, 0.25) is 0 Å². The van der Waals surface area contributed by atoms with E-state index >= 15 is 0 Å². The van der Waals surface area contributed by atoms with Gasteiger partial charge < -0.3 is 10.1 Å². The molecule has 0 saturated heterocycles. The summed E-state index contributed by atoms with van der Waals surface area (Å²) in [4.78, 5) is 27.9. The summed E-state index contributed by atoms with van der Waals surface area (Å²) in [5.74, 6) is 0.187. The molecule has 0 saturated carbocycles. The number of unbranched alkanes of at least 4 members (excludes halogenated alkanes) is 1. The number of anilines is 1. The number of aromatic nitrogens is 2. The highest BCUT2D eigenvalue weighted by molar-refractivity contribution is 7.71. The van der Waals surface area contributed by atoms with E-state index in [-0.39, 0.29) is 18.1 Å². The average molecular weight is 340 g/mol. The molecule has 1 heterocycles. The van der Waals surface area contributed by atoms with Gasteiger partial charge in [-0.15, -0.1) is 0 Å². The summed E-state index contributed by atoms with van der Waals surface area (Å²) < 4.78 is 8.24. The zero-order valence-electron chi connectivity index (χ0n) is 14.1. The molecule has 1 aromatic heterocycles. The molecule has 1 aromatic rings. The van der Waals surface area contributed by atoms with Gasteiger partial charge in [0.15, 0.2) is 5.82 Å². The van der Waals surface area contributed by atoms with Crippen LogP contribution in [0.15, 0.2) is 9.79 Å². The van der Waals surface area contributed by atoms with Crippen LogP contribution in [0.5, 0.6) is 0 Å². The van der Waals surface area contributed by atoms with Crippen molar-refractivity contribution in [3.05, 3.63) is 15.1 Å². The van der Waals surface area contributed by atoms with Crippen molar-refractivity contribution in [1.82, 2.24) is 9.13 Å². The van der Waals surface area contributed by atoms with Crippen LogP contribution in [0.3, 0.4) is 0 Å². The summed E-state index contributed by atoms with van der Waals surface area (Å²) in [6.45, 7) is 4.60. The van der Waals surface area contributed by atoms with Gasteiger partial charge in [-0.2, -0.15) is 0 Å². The molecular weight excluding hydrogens is 316 g/mol. The van der Waals surface area contributed by atoms with Gasteiger partial charge in [-0.05, 0) is 13.3 Å². The van der Waals surface area contributed by atoms with Crippen molar-refractivity contribution >= 4 is 35.9 Å². The van der Waals surface area contributed by atoms with Crippen molar-refractivity contribution in [3.8, 4) is 0 Å². The zero-order chi connectivity index (χ0) is 17.4. The lowest BCUT2D eigenvalue weighted by molar-refractivity contribution is -0.143. The van der Waals surface area contributed by atoms with Gasteiger partial charge in [0.2, 0.25) is 0 Å². The molecule has 0 aliphatic carbocycles. The Hall–Kier alpha value is -1.96. The van der Waals surface area contributed by atoms with Gasteiger partial charge in [0.1, 0.15) is 10.3 Å². The molecule has 7 nitrogen and oxygen atoms in total. The number of nitrogens with one attached hydrogen (secondary N) is 1. The molecule has 0 radical (unpaired) electrons. The minimum Gasteiger partial charge on any atom is -0.466 e. The molecule has 0 aliphatic rings. The lowest BCUT2D eigenvalue weighted by atomic mass is 10.3. The van der Waals surface area contributed by atoms with Crippen LogP contribution in [0, 0.1) is 4.64 Å². The third-order valence-corrected chi connectivity index (χ3v) is 3.75. The number of hydrogen-bond acceptors (Lipinski definition) is 6. The summed E-state index contributed by atoms with van der Waals surface area (Å²) in [6.07, 6.45) is 3.66. The number of carbonyl (C=O) groups excluding carboxylic acids is 1. The first-order valence-electron chi connectivity index (χ1n) is 7.62. The van der Waals surface area contributed by atoms with Crippen molar-refractivity contribution in [1.29, 1.82) is 0 Å². The molecule has 0 bridgehead atoms. The van der Waals surface area contributed by atoms with Crippen molar-refractivity contribution < 1.29 is 9.53 Å². The number of carbonyl (C=O) groups is 1. The smallest absolute Gasteiger partial charge is 0.330 e. The number of aliphatic imine (C=N–C) groups is 1. The molecule has 0 unspecified atom stereocenters. The number of esters is 1. The van der Waals surface area contributed by atoms with E-state index in [0.717, 1.165) is 12.8 Å². The van der Waals surface area contributed by atoms with Gasteiger partial charge in [-0.1, -0.05) is 25.6 Å². The monoisotopic (exact) mass is 340 g/mol. The van der Waals surface area contributed by atoms with E-state index in [1.807, 2.05) is 6.92 Å². The highest BCUT2D eigenvalue weighted by atomic mass is 32.1. The molecule has 0 spiro atoms. The molecule has 23 heavy (non-hydrogen) atoms. The maximum absolute atomic E-state index is 12.0. The maximum atomic E-state index is 12.0. The summed E-state index contributed by atoms with van der Waals surface area (Å²) in [7, 11) is 3.23. The first-order valence-corrected chi connectivity index (χ1v) is 8.03. The van der Waals surface area contributed by atoms with Crippen LogP contribution in [0.25, 0.3) is 0 Å². The van der Waals surface area contributed by atoms with Gasteiger partial charge in [0, 0.05) is 26.9 Å². The molecule has 0 fully saturated rings. The quantitative estimate of drug-likeness (QED) is 0.340. The first-order chi connectivity index (χ1) is 10.9. The highest BCUT2D eigenvalue weighted by Gasteiger charge is 2.12. The molecule has 0 aliphatic heterocycles. The average Bonchev–Trinajstić information content (AvgIpc) is 2.53. The van der Waals surface area contributed by atoms with Gasteiger partial charge in [0.25, 0.3) is 0 Å². The third-order valence-electron chi connectivity index (χ3n) is 3.28. The standard InChI is InChI=1S/C15H24N4O3S/c1-5-7-10-22-11(20)8-9-17-12-13(16-6-2)18(3)15(21)19(4)14(12)23/h6,17H,5,7-10H2,1-4H3. The zero-order valence-corrected chi connectivity index (χ0v) is 14.9. The molecule has 0 aromatic carbocycles. The number of rotatable bonds is 8. The van der Waals surface area contributed by atoms with Crippen molar-refractivity contribution in [2.24, 2.45) is 19.1 Å². The summed E-state index contributed by atoms with van der Waals surface area (Å²) in [5, 5.41) is 3.10. The minimum atomic E-state index is -0.258. The van der Waals surface area contributed by atoms with Crippen molar-refractivity contribution in [2.75, 3.05) is 18.5 Å². The van der Waals surface area contributed by atoms with Crippen LogP contribution in [0.1, 0.15) is 33.1 Å². The topological polar surface area (TPSA) is 77.6 Å². The minimum absolute atomic E-state index is 0.223. The van der Waals surface area contributed by atoms with E-state index in [2.05, 4.69) is 10.3 Å². The first kappa shape index (κ1) is 19.1. The molecule has 8 heteroatoms. The fourth-order valence-corrected chi connectivity index (χ4v) is 2.20. The molecule has 1 N–H and O–H groups in total. The highest BCUT2D eigenvalue weighted by Crippen LogP contribution is 2.23. The Labute approximate surface area is 141 Å². The Balaban J connectivity index is 2.86. The van der Waals surface area contributed by atoms with Crippen LogP contribution in [-0.4, -0.2) is 34.5 Å². The van der Waals surface area contributed by atoms with E-state index in [0.29, 0.717) is 29.3 Å². The molecule has 128 valence electrons. The van der Waals surface area contributed by atoms with Gasteiger partial charge in [0.05, 0.1) is 13.0 Å². The van der Waals surface area contributed by atoms with E-state index in [1.54, 1.807) is 27.2 Å². The van der Waals surface area contributed by atoms with Crippen LogP contribution < -0.4 is 11.0 Å². The van der Waals surface area contributed by atoms with Crippen molar-refractivity contribution in [3.63, 3.8) is 0 Å². The van der Waals surface area contributed by atoms with Gasteiger partial charge >= 0.3 is 11.7 Å². The SMILES string of the molecule is CC=Nc1c(NCCC(=O)OCCCC)c(=S)n(C)c(=O)n1C. The fourth-order valence-electron chi connectivity index (χ4n) is 1.95.